The van der Waals surface area contributed by atoms with E-state index in [9.17, 15) is 4.79 Å². The molecule has 2 N–H and O–H groups in total. The van der Waals surface area contributed by atoms with Gasteiger partial charge in [-0.3, -0.25) is 4.79 Å². The lowest BCUT2D eigenvalue weighted by Crippen LogP contribution is -2.33. The molecular weight excluding hydrogens is 190 g/mol. The van der Waals surface area contributed by atoms with E-state index >= 15 is 0 Å². The number of carbonyl (C=O) groups is 1. The Hall–Kier alpha value is -1.61. The van der Waals surface area contributed by atoms with Gasteiger partial charge < -0.3 is 10.4 Å². The fraction of sp³-hybridized carbons (Fsp3) is 0.250. The van der Waals surface area contributed by atoms with Gasteiger partial charge in [0, 0.05) is 6.54 Å². The first-order valence-corrected chi connectivity index (χ1v) is 4.88. The van der Waals surface area contributed by atoms with Crippen LogP contribution in [0.2, 0.25) is 0 Å². The molecular formula is C12H15NO2. The van der Waals surface area contributed by atoms with Crippen molar-refractivity contribution >= 4 is 12.0 Å². The van der Waals surface area contributed by atoms with Crippen molar-refractivity contribution < 1.29 is 9.90 Å². The van der Waals surface area contributed by atoms with Gasteiger partial charge in [0.2, 0.25) is 0 Å². The van der Waals surface area contributed by atoms with E-state index < -0.39 is 12.0 Å². The summed E-state index contributed by atoms with van der Waals surface area (Å²) in [6.45, 7) is 2.18. The van der Waals surface area contributed by atoms with Crippen molar-refractivity contribution in [2.75, 3.05) is 6.54 Å². The van der Waals surface area contributed by atoms with Gasteiger partial charge in [0.15, 0.2) is 0 Å². The summed E-state index contributed by atoms with van der Waals surface area (Å²) in [7, 11) is 0. The van der Waals surface area contributed by atoms with Crippen LogP contribution in [0.1, 0.15) is 12.5 Å². The minimum atomic E-state index is -0.830. The normalized spacial score (nSPS) is 12.9. The third-order valence-corrected chi connectivity index (χ3v) is 2.02. The highest BCUT2D eigenvalue weighted by molar-refractivity contribution is 5.72. The summed E-state index contributed by atoms with van der Waals surface area (Å²) >= 11 is 0. The molecule has 3 nitrogen and oxygen atoms in total. The average Bonchev–Trinajstić information content (AvgIpc) is 2.25. The number of hydrogen-bond acceptors (Lipinski definition) is 2. The number of carboxylic acids is 1. The van der Waals surface area contributed by atoms with Gasteiger partial charge in [-0.1, -0.05) is 42.5 Å². The zero-order chi connectivity index (χ0) is 11.1. The average molecular weight is 205 g/mol. The molecule has 0 aliphatic carbocycles. The Balaban J connectivity index is 2.32. The smallest absolute Gasteiger partial charge is 0.320 e. The molecule has 1 aromatic rings. The second kappa shape index (κ2) is 5.98. The molecule has 0 amide bonds. The van der Waals surface area contributed by atoms with E-state index in [1.807, 2.05) is 42.5 Å². The van der Waals surface area contributed by atoms with Gasteiger partial charge in [-0.2, -0.15) is 0 Å². The summed E-state index contributed by atoms with van der Waals surface area (Å²) in [5.74, 6) is -0.830. The van der Waals surface area contributed by atoms with E-state index in [1.165, 1.54) is 0 Å². The second-order valence-electron chi connectivity index (χ2n) is 3.28. The van der Waals surface area contributed by atoms with Crippen LogP contribution in [-0.4, -0.2) is 23.7 Å². The van der Waals surface area contributed by atoms with Crippen molar-refractivity contribution in [1.29, 1.82) is 0 Å². The number of carboxylic acid groups (broad SMARTS) is 1. The summed E-state index contributed by atoms with van der Waals surface area (Å²) in [5, 5.41) is 11.5. The second-order valence-corrected chi connectivity index (χ2v) is 3.28. The van der Waals surface area contributed by atoms with Gasteiger partial charge in [-0.05, 0) is 12.5 Å². The van der Waals surface area contributed by atoms with Crippen LogP contribution in [0.3, 0.4) is 0 Å². The molecule has 0 aliphatic rings. The molecule has 0 heterocycles. The van der Waals surface area contributed by atoms with Crippen LogP contribution in [0, 0.1) is 0 Å². The van der Waals surface area contributed by atoms with Crippen molar-refractivity contribution in [2.45, 2.75) is 13.0 Å². The van der Waals surface area contributed by atoms with Gasteiger partial charge in [-0.15, -0.1) is 0 Å². The van der Waals surface area contributed by atoms with E-state index in [2.05, 4.69) is 5.32 Å². The topological polar surface area (TPSA) is 49.3 Å². The van der Waals surface area contributed by atoms with Gasteiger partial charge in [0.05, 0.1) is 0 Å². The van der Waals surface area contributed by atoms with Gasteiger partial charge in [0.25, 0.3) is 0 Å². The van der Waals surface area contributed by atoms with Crippen LogP contribution in [0.5, 0.6) is 0 Å². The highest BCUT2D eigenvalue weighted by Crippen LogP contribution is 1.99. The Bertz CT molecular complexity index is 333. The minimum Gasteiger partial charge on any atom is -0.480 e. The molecule has 0 fully saturated rings. The summed E-state index contributed by atoms with van der Waals surface area (Å²) in [4.78, 5) is 10.5. The van der Waals surface area contributed by atoms with Gasteiger partial charge in [0.1, 0.15) is 6.04 Å². The minimum absolute atomic E-state index is 0.509. The first kappa shape index (κ1) is 11.5. The maximum Gasteiger partial charge on any atom is 0.320 e. The predicted octanol–water partition coefficient (Wildman–Crippen LogP) is 1.76. The fourth-order valence-corrected chi connectivity index (χ4v) is 1.09. The van der Waals surface area contributed by atoms with Gasteiger partial charge in [-0.25, -0.2) is 0 Å². The maximum atomic E-state index is 10.5. The van der Waals surface area contributed by atoms with Crippen molar-refractivity contribution in [3.63, 3.8) is 0 Å². The largest absolute Gasteiger partial charge is 0.480 e. The zero-order valence-electron chi connectivity index (χ0n) is 8.68. The Morgan fingerprint density at radius 2 is 2.13 bits per heavy atom. The lowest BCUT2D eigenvalue weighted by atomic mass is 10.2. The molecule has 0 aromatic heterocycles. The Labute approximate surface area is 89.4 Å². The first-order chi connectivity index (χ1) is 7.20. The molecule has 0 saturated carbocycles. The molecule has 1 rings (SSSR count). The number of rotatable bonds is 5. The Morgan fingerprint density at radius 1 is 1.47 bits per heavy atom. The van der Waals surface area contributed by atoms with Crippen LogP contribution < -0.4 is 5.32 Å². The highest BCUT2D eigenvalue weighted by atomic mass is 16.4. The molecule has 1 atom stereocenters. The van der Waals surface area contributed by atoms with E-state index in [0.717, 1.165) is 5.56 Å². The van der Waals surface area contributed by atoms with Crippen LogP contribution in [0.15, 0.2) is 36.4 Å². The molecule has 0 aliphatic heterocycles. The molecule has 0 radical (unpaired) electrons. The zero-order valence-corrected chi connectivity index (χ0v) is 8.68. The SMILES string of the molecule is C[C@@H](NC/C=C\c1ccccc1)C(=O)O. The molecule has 0 spiro atoms. The third kappa shape index (κ3) is 4.42. The Morgan fingerprint density at radius 3 is 2.73 bits per heavy atom. The van der Waals surface area contributed by atoms with Crippen molar-refractivity contribution in [1.82, 2.24) is 5.32 Å². The van der Waals surface area contributed by atoms with E-state index in [4.69, 9.17) is 5.11 Å². The predicted molar refractivity (Wildman–Crippen MR) is 60.6 cm³/mol. The van der Waals surface area contributed by atoms with Gasteiger partial charge >= 0.3 is 5.97 Å². The molecule has 80 valence electrons. The molecule has 0 unspecified atom stereocenters. The van der Waals surface area contributed by atoms with Crippen LogP contribution in [0.25, 0.3) is 6.08 Å². The van der Waals surface area contributed by atoms with E-state index in [1.54, 1.807) is 6.92 Å². The van der Waals surface area contributed by atoms with E-state index in [-0.39, 0.29) is 0 Å². The summed E-state index contributed by atoms with van der Waals surface area (Å²) in [6, 6.07) is 9.38. The van der Waals surface area contributed by atoms with Crippen LogP contribution >= 0.6 is 0 Å². The summed E-state index contributed by atoms with van der Waals surface area (Å²) in [6.07, 6.45) is 3.87. The van der Waals surface area contributed by atoms with Crippen LogP contribution in [-0.2, 0) is 4.79 Å². The Kier molecular flexibility index (Phi) is 4.57. The highest BCUT2D eigenvalue weighted by Gasteiger charge is 2.06. The van der Waals surface area contributed by atoms with E-state index in [0.29, 0.717) is 6.54 Å². The summed E-state index contributed by atoms with van der Waals surface area (Å²) < 4.78 is 0. The van der Waals surface area contributed by atoms with Crippen molar-refractivity contribution in [2.24, 2.45) is 0 Å². The number of hydrogen-bond donors (Lipinski definition) is 2. The standard InChI is InChI=1S/C12H15NO2/c1-10(12(14)15)13-9-5-8-11-6-3-2-4-7-11/h2-8,10,13H,9H2,1H3,(H,14,15)/b8-5-/t10-/m1/s1. The maximum absolute atomic E-state index is 10.5. The molecule has 15 heavy (non-hydrogen) atoms. The number of benzene rings is 1. The lowest BCUT2D eigenvalue weighted by molar-refractivity contribution is -0.138. The quantitative estimate of drug-likeness (QED) is 0.770. The first-order valence-electron chi connectivity index (χ1n) is 4.88. The molecule has 0 saturated heterocycles. The fourth-order valence-electron chi connectivity index (χ4n) is 1.09. The molecule has 0 bridgehead atoms. The summed E-state index contributed by atoms with van der Waals surface area (Å²) in [5.41, 5.74) is 1.11. The third-order valence-electron chi connectivity index (χ3n) is 2.02. The van der Waals surface area contributed by atoms with Crippen molar-refractivity contribution in [3.05, 3.63) is 42.0 Å². The molecule has 3 heteroatoms. The number of nitrogens with one attached hydrogen (secondary N) is 1. The molecule has 1 aromatic carbocycles. The monoisotopic (exact) mass is 205 g/mol. The van der Waals surface area contributed by atoms with Crippen LogP contribution in [0.4, 0.5) is 0 Å². The lowest BCUT2D eigenvalue weighted by Gasteiger charge is -2.05. The van der Waals surface area contributed by atoms with Crippen molar-refractivity contribution in [3.8, 4) is 0 Å². The number of aliphatic carboxylic acids is 1.